The summed E-state index contributed by atoms with van der Waals surface area (Å²) < 4.78 is 4.99. The second-order valence-electron chi connectivity index (χ2n) is 3.24. The van der Waals surface area contributed by atoms with Crippen molar-refractivity contribution in [3.8, 4) is 0 Å². The number of ether oxygens (including phenoxy) is 1. The molecule has 1 aromatic rings. The van der Waals surface area contributed by atoms with Gasteiger partial charge in [-0.2, -0.15) is 0 Å². The van der Waals surface area contributed by atoms with Gasteiger partial charge in [0, 0.05) is 30.1 Å². The lowest BCUT2D eigenvalue weighted by atomic mass is 10.2. The molecule has 0 aliphatic rings. The van der Waals surface area contributed by atoms with Crippen molar-refractivity contribution in [1.82, 2.24) is 0 Å². The zero-order chi connectivity index (χ0) is 10.4. The van der Waals surface area contributed by atoms with Crippen LogP contribution in [0.1, 0.15) is 12.0 Å². The van der Waals surface area contributed by atoms with E-state index in [4.69, 9.17) is 10.5 Å². The quantitative estimate of drug-likeness (QED) is 0.462. The molecule has 0 fully saturated rings. The fraction of sp³-hybridized carbons (Fsp3) is 0.455. The van der Waals surface area contributed by atoms with Gasteiger partial charge in [0.2, 0.25) is 0 Å². The van der Waals surface area contributed by atoms with Crippen molar-refractivity contribution < 1.29 is 4.74 Å². The Morgan fingerprint density at radius 2 is 2.21 bits per heavy atom. The van der Waals surface area contributed by atoms with Crippen molar-refractivity contribution in [1.29, 1.82) is 0 Å². The lowest BCUT2D eigenvalue weighted by Crippen LogP contribution is -1.93. The summed E-state index contributed by atoms with van der Waals surface area (Å²) in [7, 11) is 1.73. The number of methoxy groups -OCH3 is 1. The first kappa shape index (κ1) is 11.4. The van der Waals surface area contributed by atoms with Crippen molar-refractivity contribution in [2.45, 2.75) is 18.2 Å². The highest BCUT2D eigenvalue weighted by Crippen LogP contribution is 2.26. The highest BCUT2D eigenvalue weighted by atomic mass is 32.2. The Balaban J connectivity index is 2.45. The van der Waals surface area contributed by atoms with Gasteiger partial charge in [-0.3, -0.25) is 0 Å². The molecule has 0 spiro atoms. The summed E-state index contributed by atoms with van der Waals surface area (Å²) in [6.45, 7) is 2.90. The molecule has 0 aliphatic carbocycles. The Bertz CT molecular complexity index is 289. The van der Waals surface area contributed by atoms with E-state index in [1.165, 1.54) is 10.5 Å². The molecule has 2 N–H and O–H groups in total. The third-order valence-corrected chi connectivity index (χ3v) is 3.08. The molecule has 0 atom stereocenters. The summed E-state index contributed by atoms with van der Waals surface area (Å²) in [5.41, 5.74) is 7.98. The molecule has 2 nitrogen and oxygen atoms in total. The van der Waals surface area contributed by atoms with Crippen molar-refractivity contribution in [3.05, 3.63) is 23.8 Å². The zero-order valence-electron chi connectivity index (χ0n) is 8.75. The average molecular weight is 211 g/mol. The number of nitrogens with two attached hydrogens (primary N) is 1. The zero-order valence-corrected chi connectivity index (χ0v) is 9.56. The molecule has 0 unspecified atom stereocenters. The number of anilines is 1. The fourth-order valence-corrected chi connectivity index (χ4v) is 2.14. The predicted octanol–water partition coefficient (Wildman–Crippen LogP) is 2.71. The Hall–Kier alpha value is -0.670. The molecule has 0 saturated heterocycles. The first-order valence-corrected chi connectivity index (χ1v) is 5.70. The maximum Gasteiger partial charge on any atom is 0.0470 e. The first-order valence-electron chi connectivity index (χ1n) is 4.72. The van der Waals surface area contributed by atoms with E-state index >= 15 is 0 Å². The number of rotatable bonds is 5. The van der Waals surface area contributed by atoms with Gasteiger partial charge >= 0.3 is 0 Å². The molecular formula is C11H17NOS. The van der Waals surface area contributed by atoms with Crippen LogP contribution in [-0.4, -0.2) is 19.5 Å². The lowest BCUT2D eigenvalue weighted by Gasteiger charge is -2.05. The van der Waals surface area contributed by atoms with Crippen LogP contribution in [0, 0.1) is 6.92 Å². The van der Waals surface area contributed by atoms with Gasteiger partial charge in [-0.05, 0) is 31.0 Å². The monoisotopic (exact) mass is 211 g/mol. The van der Waals surface area contributed by atoms with E-state index in [1.807, 2.05) is 12.1 Å². The summed E-state index contributed by atoms with van der Waals surface area (Å²) in [5.74, 6) is 1.06. The summed E-state index contributed by atoms with van der Waals surface area (Å²) in [6, 6.07) is 6.13. The summed E-state index contributed by atoms with van der Waals surface area (Å²) in [5, 5.41) is 0. The van der Waals surface area contributed by atoms with Crippen LogP contribution in [0.4, 0.5) is 5.69 Å². The second kappa shape index (κ2) is 5.94. The minimum Gasteiger partial charge on any atom is -0.398 e. The van der Waals surface area contributed by atoms with Crippen molar-refractivity contribution in [2.24, 2.45) is 0 Å². The molecule has 78 valence electrons. The van der Waals surface area contributed by atoms with Crippen molar-refractivity contribution in [2.75, 3.05) is 25.2 Å². The third kappa shape index (κ3) is 3.60. The Kier molecular flexibility index (Phi) is 4.84. The van der Waals surface area contributed by atoms with Gasteiger partial charge in [0.05, 0.1) is 0 Å². The molecule has 0 radical (unpaired) electrons. The maximum atomic E-state index is 5.85. The van der Waals surface area contributed by atoms with Gasteiger partial charge in [-0.1, -0.05) is 6.07 Å². The molecule has 0 aliphatic heterocycles. The number of hydrogen-bond donors (Lipinski definition) is 1. The van der Waals surface area contributed by atoms with E-state index in [0.29, 0.717) is 0 Å². The van der Waals surface area contributed by atoms with E-state index in [2.05, 4.69) is 13.0 Å². The summed E-state index contributed by atoms with van der Waals surface area (Å²) in [4.78, 5) is 1.18. The normalized spacial score (nSPS) is 10.4. The molecule has 14 heavy (non-hydrogen) atoms. The summed E-state index contributed by atoms with van der Waals surface area (Å²) >= 11 is 1.80. The number of benzene rings is 1. The number of hydrogen-bond acceptors (Lipinski definition) is 3. The van der Waals surface area contributed by atoms with Gasteiger partial charge < -0.3 is 10.5 Å². The fourth-order valence-electron chi connectivity index (χ4n) is 1.15. The minimum absolute atomic E-state index is 0.818. The molecule has 3 heteroatoms. The van der Waals surface area contributed by atoms with Gasteiger partial charge in [-0.25, -0.2) is 0 Å². The van der Waals surface area contributed by atoms with Crippen LogP contribution in [0.2, 0.25) is 0 Å². The highest BCUT2D eigenvalue weighted by molar-refractivity contribution is 7.99. The molecule has 0 saturated carbocycles. The van der Waals surface area contributed by atoms with E-state index in [1.54, 1.807) is 18.9 Å². The molecule has 1 aromatic carbocycles. The van der Waals surface area contributed by atoms with E-state index in [0.717, 1.165) is 24.5 Å². The molecule has 0 bridgehead atoms. The minimum atomic E-state index is 0.818. The predicted molar refractivity (Wildman–Crippen MR) is 62.8 cm³/mol. The first-order chi connectivity index (χ1) is 6.74. The van der Waals surface area contributed by atoms with Gasteiger partial charge in [0.1, 0.15) is 0 Å². The standard InChI is InChI=1S/C11H17NOS/c1-9-4-5-10(12)11(8-9)14-7-3-6-13-2/h4-5,8H,3,6-7,12H2,1-2H3. The smallest absolute Gasteiger partial charge is 0.0470 e. The van der Waals surface area contributed by atoms with E-state index < -0.39 is 0 Å². The Morgan fingerprint density at radius 3 is 2.93 bits per heavy atom. The molecule has 0 amide bonds. The Labute approximate surface area is 89.8 Å². The number of thioether (sulfide) groups is 1. The van der Waals surface area contributed by atoms with Crippen molar-refractivity contribution >= 4 is 17.4 Å². The van der Waals surface area contributed by atoms with Gasteiger partial charge in [0.25, 0.3) is 0 Å². The van der Waals surface area contributed by atoms with Crippen LogP contribution in [0.5, 0.6) is 0 Å². The topological polar surface area (TPSA) is 35.2 Å². The Morgan fingerprint density at radius 1 is 1.43 bits per heavy atom. The van der Waals surface area contributed by atoms with Gasteiger partial charge in [0.15, 0.2) is 0 Å². The molecular weight excluding hydrogens is 194 g/mol. The van der Waals surface area contributed by atoms with Crippen LogP contribution < -0.4 is 5.73 Å². The van der Waals surface area contributed by atoms with E-state index in [9.17, 15) is 0 Å². The van der Waals surface area contributed by atoms with Crippen molar-refractivity contribution in [3.63, 3.8) is 0 Å². The number of aryl methyl sites for hydroxylation is 1. The SMILES string of the molecule is COCCCSc1cc(C)ccc1N. The van der Waals surface area contributed by atoms with Crippen LogP contribution >= 0.6 is 11.8 Å². The number of nitrogen functional groups attached to an aromatic ring is 1. The maximum absolute atomic E-state index is 5.85. The third-order valence-electron chi connectivity index (χ3n) is 1.92. The molecule has 0 aromatic heterocycles. The van der Waals surface area contributed by atoms with Crippen LogP contribution in [0.3, 0.4) is 0 Å². The van der Waals surface area contributed by atoms with Crippen LogP contribution in [0.25, 0.3) is 0 Å². The average Bonchev–Trinajstić information content (AvgIpc) is 2.18. The van der Waals surface area contributed by atoms with Crippen LogP contribution in [-0.2, 0) is 4.74 Å². The lowest BCUT2D eigenvalue weighted by molar-refractivity contribution is 0.200. The molecule has 0 heterocycles. The largest absolute Gasteiger partial charge is 0.398 e. The molecule has 1 rings (SSSR count). The highest BCUT2D eigenvalue weighted by Gasteiger charge is 1.99. The van der Waals surface area contributed by atoms with Gasteiger partial charge in [-0.15, -0.1) is 11.8 Å². The second-order valence-corrected chi connectivity index (χ2v) is 4.37. The summed E-state index contributed by atoms with van der Waals surface area (Å²) in [6.07, 6.45) is 1.06. The van der Waals surface area contributed by atoms with E-state index in [-0.39, 0.29) is 0 Å². The van der Waals surface area contributed by atoms with Crippen LogP contribution in [0.15, 0.2) is 23.1 Å².